The molecule has 2 unspecified atom stereocenters. The highest BCUT2D eigenvalue weighted by Gasteiger charge is 2.18. The van der Waals surface area contributed by atoms with E-state index in [0.29, 0.717) is 17.2 Å². The van der Waals surface area contributed by atoms with Crippen LogP contribution < -0.4 is 4.74 Å². The monoisotopic (exact) mass is 711 g/mol. The molecule has 2 atom stereocenters. The maximum atomic E-state index is 13.2. The second kappa shape index (κ2) is 27.7. The van der Waals surface area contributed by atoms with Gasteiger partial charge in [-0.3, -0.25) is 0 Å². The number of carbonyl (C=O) groups is 1. The molecule has 0 heterocycles. The van der Waals surface area contributed by atoms with Crippen molar-refractivity contribution in [3.63, 3.8) is 0 Å². The van der Waals surface area contributed by atoms with Crippen molar-refractivity contribution in [2.75, 3.05) is 6.61 Å². The first-order chi connectivity index (χ1) is 25.6. The van der Waals surface area contributed by atoms with Gasteiger partial charge in [0.15, 0.2) is 0 Å². The predicted molar refractivity (Wildman–Crippen MR) is 224 cm³/mol. The van der Waals surface area contributed by atoms with Crippen LogP contribution in [-0.2, 0) is 4.74 Å². The Balaban J connectivity index is 1.28. The summed E-state index contributed by atoms with van der Waals surface area (Å²) in [6.45, 7) is 9.72. The largest absolute Gasteiger partial charge is 0.423 e. The van der Waals surface area contributed by atoms with E-state index in [1.807, 2.05) is 36.4 Å². The zero-order chi connectivity index (χ0) is 37.1. The van der Waals surface area contributed by atoms with Crippen LogP contribution in [0, 0.1) is 0 Å². The first kappa shape index (κ1) is 43.5. The average Bonchev–Trinajstić information content (AvgIpc) is 3.17. The Labute approximate surface area is 319 Å². The molecular formula is C49H74O3. The molecular weight excluding hydrogens is 637 g/mol. The second-order valence-corrected chi connectivity index (χ2v) is 15.3. The van der Waals surface area contributed by atoms with E-state index >= 15 is 0 Å². The molecule has 3 rings (SSSR count). The van der Waals surface area contributed by atoms with Gasteiger partial charge >= 0.3 is 5.97 Å². The minimum absolute atomic E-state index is 0.0822. The number of ether oxygens (including phenoxy) is 2. The van der Waals surface area contributed by atoms with Gasteiger partial charge in [0.2, 0.25) is 0 Å². The van der Waals surface area contributed by atoms with Crippen molar-refractivity contribution in [3.8, 4) is 16.9 Å². The number of unbranched alkanes of at least 4 members (excludes halogenated alkanes) is 18. The minimum Gasteiger partial charge on any atom is -0.423 e. The summed E-state index contributed by atoms with van der Waals surface area (Å²) in [4.78, 5) is 13.2. The number of benzene rings is 3. The number of esters is 1. The normalized spacial score (nSPS) is 12.5. The summed E-state index contributed by atoms with van der Waals surface area (Å²) < 4.78 is 12.2. The predicted octanol–water partition coefficient (Wildman–Crippen LogP) is 15.8. The summed E-state index contributed by atoms with van der Waals surface area (Å²) in [7, 11) is 0. The van der Waals surface area contributed by atoms with Crippen molar-refractivity contribution < 1.29 is 14.3 Å². The van der Waals surface area contributed by atoms with Crippen LogP contribution in [0.5, 0.6) is 5.75 Å². The summed E-state index contributed by atoms with van der Waals surface area (Å²) in [6.07, 6.45) is 30.9. The van der Waals surface area contributed by atoms with Gasteiger partial charge in [0.1, 0.15) is 5.75 Å². The molecule has 0 radical (unpaired) electrons. The summed E-state index contributed by atoms with van der Waals surface area (Å²) in [5.74, 6) is 0.806. The minimum atomic E-state index is -0.305. The van der Waals surface area contributed by atoms with Crippen LogP contribution in [0.25, 0.3) is 11.1 Å². The van der Waals surface area contributed by atoms with Crippen LogP contribution in [-0.4, -0.2) is 12.6 Å². The third-order valence-corrected chi connectivity index (χ3v) is 10.8. The van der Waals surface area contributed by atoms with Gasteiger partial charge in [0.05, 0.1) is 11.7 Å². The Morgan fingerprint density at radius 3 is 1.52 bits per heavy atom. The van der Waals surface area contributed by atoms with Gasteiger partial charge in [-0.05, 0) is 72.6 Å². The molecule has 0 aliphatic rings. The molecule has 0 N–H and O–H groups in total. The maximum absolute atomic E-state index is 13.2. The van der Waals surface area contributed by atoms with Gasteiger partial charge < -0.3 is 9.47 Å². The van der Waals surface area contributed by atoms with E-state index in [4.69, 9.17) is 9.47 Å². The fraction of sp³-hybridized carbons (Fsp3) is 0.612. The Morgan fingerprint density at radius 2 is 1.00 bits per heavy atom. The van der Waals surface area contributed by atoms with Crippen LogP contribution in [0.2, 0.25) is 0 Å². The van der Waals surface area contributed by atoms with Gasteiger partial charge in [0, 0.05) is 6.61 Å². The van der Waals surface area contributed by atoms with E-state index in [1.165, 1.54) is 128 Å². The molecule has 0 amide bonds. The van der Waals surface area contributed by atoms with E-state index in [-0.39, 0.29) is 12.1 Å². The quantitative estimate of drug-likeness (QED) is 0.0392. The van der Waals surface area contributed by atoms with Crippen molar-refractivity contribution in [1.29, 1.82) is 0 Å². The number of para-hydroxylation sites is 1. The van der Waals surface area contributed by atoms with Gasteiger partial charge in [-0.2, -0.15) is 0 Å². The molecule has 3 nitrogen and oxygen atoms in total. The number of carbonyl (C=O) groups excluding carboxylic acids is 1. The Bertz CT molecular complexity index is 1310. The van der Waals surface area contributed by atoms with E-state index < -0.39 is 0 Å². The van der Waals surface area contributed by atoms with E-state index in [2.05, 4.69) is 64.1 Å². The Hall–Kier alpha value is -2.91. The van der Waals surface area contributed by atoms with Crippen LogP contribution in [0.15, 0.2) is 72.8 Å². The first-order valence-electron chi connectivity index (χ1n) is 21.7. The second-order valence-electron chi connectivity index (χ2n) is 15.3. The molecule has 0 aliphatic heterocycles. The summed E-state index contributed by atoms with van der Waals surface area (Å²) in [5, 5.41) is 0. The number of rotatable bonds is 30. The molecule has 3 aromatic carbocycles. The first-order valence-corrected chi connectivity index (χ1v) is 21.7. The van der Waals surface area contributed by atoms with Crippen LogP contribution >= 0.6 is 0 Å². The summed E-state index contributed by atoms with van der Waals surface area (Å²) >= 11 is 0. The third kappa shape index (κ3) is 17.3. The molecule has 3 aromatic rings. The lowest BCUT2D eigenvalue weighted by Gasteiger charge is -2.19. The fourth-order valence-electron chi connectivity index (χ4n) is 7.43. The van der Waals surface area contributed by atoms with E-state index in [0.717, 1.165) is 49.0 Å². The molecule has 0 saturated carbocycles. The van der Waals surface area contributed by atoms with Crippen molar-refractivity contribution in [2.24, 2.45) is 0 Å². The lowest BCUT2D eigenvalue weighted by atomic mass is 9.89. The average molecular weight is 711 g/mol. The maximum Gasteiger partial charge on any atom is 0.343 e. The topological polar surface area (TPSA) is 35.5 Å². The molecule has 288 valence electrons. The van der Waals surface area contributed by atoms with E-state index in [9.17, 15) is 4.79 Å². The lowest BCUT2D eigenvalue weighted by molar-refractivity contribution is 0.0627. The van der Waals surface area contributed by atoms with Crippen LogP contribution in [0.4, 0.5) is 0 Å². The van der Waals surface area contributed by atoms with Crippen LogP contribution in [0.1, 0.15) is 209 Å². The van der Waals surface area contributed by atoms with Gasteiger partial charge in [-0.1, -0.05) is 204 Å². The highest BCUT2D eigenvalue weighted by Crippen LogP contribution is 2.34. The number of hydrogen-bond acceptors (Lipinski definition) is 3. The van der Waals surface area contributed by atoms with Crippen molar-refractivity contribution in [1.82, 2.24) is 0 Å². The Morgan fingerprint density at radius 1 is 0.519 bits per heavy atom. The Kier molecular flexibility index (Phi) is 23.1. The lowest BCUT2D eigenvalue weighted by Crippen LogP contribution is -2.11. The van der Waals surface area contributed by atoms with Crippen LogP contribution in [0.3, 0.4) is 0 Å². The highest BCUT2D eigenvalue weighted by molar-refractivity contribution is 5.91. The smallest absolute Gasteiger partial charge is 0.343 e. The summed E-state index contributed by atoms with van der Waals surface area (Å²) in [6, 6.07) is 24.5. The molecule has 52 heavy (non-hydrogen) atoms. The molecule has 3 heteroatoms. The SMILES string of the molecule is CCCCCCCCCCCCCCCCCCCCOC(C)c1ccc(-c2ccc(C(=O)Oc3ccccc3C(CCC)CCCC)cc2)cc1. The van der Waals surface area contributed by atoms with Gasteiger partial charge in [-0.25, -0.2) is 4.79 Å². The van der Waals surface area contributed by atoms with Crippen molar-refractivity contribution in [3.05, 3.63) is 89.5 Å². The highest BCUT2D eigenvalue weighted by atomic mass is 16.5. The molecule has 0 bridgehead atoms. The van der Waals surface area contributed by atoms with Gasteiger partial charge in [0.25, 0.3) is 0 Å². The molecule has 0 spiro atoms. The third-order valence-electron chi connectivity index (χ3n) is 10.8. The van der Waals surface area contributed by atoms with Crippen molar-refractivity contribution >= 4 is 5.97 Å². The summed E-state index contributed by atoms with van der Waals surface area (Å²) in [5.41, 5.74) is 5.13. The molecule has 0 aliphatic carbocycles. The zero-order valence-electron chi connectivity index (χ0n) is 33.8. The fourth-order valence-corrected chi connectivity index (χ4v) is 7.43. The number of hydrogen-bond donors (Lipinski definition) is 0. The zero-order valence-corrected chi connectivity index (χ0v) is 33.8. The van der Waals surface area contributed by atoms with Crippen molar-refractivity contribution in [2.45, 2.75) is 187 Å². The van der Waals surface area contributed by atoms with E-state index in [1.54, 1.807) is 0 Å². The molecule has 0 aromatic heterocycles. The standard InChI is InChI=1S/C49H74O3/c1-5-8-10-11-12-13-14-15-16-17-18-19-20-21-22-23-24-27-40-51-41(4)42-32-34-43(35-33-42)44-36-38-46(39-37-44)49(50)52-48-31-26-25-30-47(48)45(28-7-3)29-9-6-2/h25-26,30-39,41,45H,5-24,27-29,40H2,1-4H3. The van der Waals surface area contributed by atoms with Gasteiger partial charge in [-0.15, -0.1) is 0 Å². The molecule has 0 fully saturated rings. The molecule has 0 saturated heterocycles.